The van der Waals surface area contributed by atoms with Crippen molar-refractivity contribution in [3.05, 3.63) is 60.2 Å². The molecule has 6 heteroatoms. The number of carbonyl (C=O) groups is 1. The van der Waals surface area contributed by atoms with Crippen molar-refractivity contribution in [2.45, 2.75) is 0 Å². The van der Waals surface area contributed by atoms with E-state index in [9.17, 15) is 4.79 Å². The van der Waals surface area contributed by atoms with E-state index < -0.39 is 0 Å². The Morgan fingerprint density at radius 3 is 2.67 bits per heavy atom. The predicted molar refractivity (Wildman–Crippen MR) is 76.7 cm³/mol. The molecule has 2 N–H and O–H groups in total. The number of nitrogens with zero attached hydrogens (tertiary/aromatic N) is 2. The smallest absolute Gasteiger partial charge is 0.233 e. The van der Waals surface area contributed by atoms with Gasteiger partial charge in [0, 0.05) is 0 Å². The largest absolute Gasteiger partial charge is 0.497 e. The molecule has 0 atom stereocenters. The third-order valence-electron chi connectivity index (χ3n) is 3.11. The summed E-state index contributed by atoms with van der Waals surface area (Å²) in [4.78, 5) is 12.2. The number of anilines is 1. The van der Waals surface area contributed by atoms with Crippen molar-refractivity contribution in [1.82, 2.24) is 9.78 Å². The van der Waals surface area contributed by atoms with Gasteiger partial charge in [0.25, 0.3) is 0 Å². The van der Waals surface area contributed by atoms with Gasteiger partial charge >= 0.3 is 0 Å². The van der Waals surface area contributed by atoms with Gasteiger partial charge in [-0.25, -0.2) is 4.68 Å². The molecule has 0 bridgehead atoms. The Morgan fingerprint density at radius 2 is 2.05 bits per heavy atom. The van der Waals surface area contributed by atoms with Crippen LogP contribution in [0, 0.1) is 0 Å². The fourth-order valence-electron chi connectivity index (χ4n) is 2.00. The summed E-state index contributed by atoms with van der Waals surface area (Å²) in [5.41, 5.74) is 7.07. The molecule has 3 aromatic rings. The summed E-state index contributed by atoms with van der Waals surface area (Å²) in [5.74, 6) is 0.936. The lowest BCUT2D eigenvalue weighted by Crippen LogP contribution is -2.06. The third-order valence-corrected chi connectivity index (χ3v) is 3.11. The van der Waals surface area contributed by atoms with Crippen molar-refractivity contribution < 1.29 is 13.9 Å². The van der Waals surface area contributed by atoms with Crippen LogP contribution in [0.5, 0.6) is 5.75 Å². The molecular weight excluding hydrogens is 270 g/mol. The first-order chi connectivity index (χ1) is 10.2. The Morgan fingerprint density at radius 1 is 1.29 bits per heavy atom. The first-order valence-corrected chi connectivity index (χ1v) is 6.27. The third kappa shape index (κ3) is 2.27. The van der Waals surface area contributed by atoms with Gasteiger partial charge in [-0.15, -0.1) is 0 Å². The van der Waals surface area contributed by atoms with Crippen molar-refractivity contribution in [2.75, 3.05) is 12.8 Å². The number of hydrogen-bond acceptors (Lipinski definition) is 5. The van der Waals surface area contributed by atoms with E-state index in [1.807, 2.05) is 12.1 Å². The molecular formula is C15H13N3O3. The highest BCUT2D eigenvalue weighted by Crippen LogP contribution is 2.22. The van der Waals surface area contributed by atoms with Gasteiger partial charge in [-0.1, -0.05) is 0 Å². The maximum absolute atomic E-state index is 12.2. The molecule has 2 heterocycles. The molecule has 2 aromatic heterocycles. The molecule has 0 saturated heterocycles. The zero-order valence-corrected chi connectivity index (χ0v) is 11.3. The van der Waals surface area contributed by atoms with Gasteiger partial charge in [0.1, 0.15) is 11.6 Å². The Bertz CT molecular complexity index is 758. The summed E-state index contributed by atoms with van der Waals surface area (Å²) in [6.45, 7) is 0. The lowest BCUT2D eigenvalue weighted by atomic mass is 10.2. The van der Waals surface area contributed by atoms with Crippen LogP contribution >= 0.6 is 0 Å². The molecule has 1 aromatic carbocycles. The summed E-state index contributed by atoms with van der Waals surface area (Å²) < 4.78 is 11.7. The molecule has 3 rings (SSSR count). The molecule has 0 amide bonds. The standard InChI is InChI=1S/C15H13N3O3/c1-20-11-6-4-10(5-7-11)18-15(16)12(9-17-18)14(19)13-3-2-8-21-13/h2-9H,16H2,1H3. The number of methoxy groups -OCH3 is 1. The van der Waals surface area contributed by atoms with Gasteiger partial charge < -0.3 is 14.9 Å². The van der Waals surface area contributed by atoms with Gasteiger partial charge in [0.2, 0.25) is 5.78 Å². The average molecular weight is 283 g/mol. The second kappa shape index (κ2) is 5.16. The molecule has 0 spiro atoms. The zero-order valence-electron chi connectivity index (χ0n) is 11.3. The van der Waals surface area contributed by atoms with Crippen LogP contribution in [-0.4, -0.2) is 22.7 Å². The monoisotopic (exact) mass is 283 g/mol. The topological polar surface area (TPSA) is 83.3 Å². The first-order valence-electron chi connectivity index (χ1n) is 6.27. The van der Waals surface area contributed by atoms with E-state index >= 15 is 0 Å². The number of furan rings is 1. The van der Waals surface area contributed by atoms with E-state index in [1.165, 1.54) is 17.1 Å². The summed E-state index contributed by atoms with van der Waals surface area (Å²) in [6, 6.07) is 10.4. The lowest BCUT2D eigenvalue weighted by Gasteiger charge is -2.06. The fraction of sp³-hybridized carbons (Fsp3) is 0.0667. The van der Waals surface area contributed by atoms with Crippen LogP contribution in [0.25, 0.3) is 5.69 Å². The number of hydrogen-bond donors (Lipinski definition) is 1. The number of aromatic nitrogens is 2. The SMILES string of the molecule is COc1ccc(-n2ncc(C(=O)c3ccco3)c2N)cc1. The highest BCUT2D eigenvalue weighted by molar-refractivity contribution is 6.09. The van der Waals surface area contributed by atoms with E-state index in [0.717, 1.165) is 11.4 Å². The van der Waals surface area contributed by atoms with Crippen molar-refractivity contribution >= 4 is 11.6 Å². The zero-order chi connectivity index (χ0) is 14.8. The molecule has 21 heavy (non-hydrogen) atoms. The van der Waals surface area contributed by atoms with E-state index in [-0.39, 0.29) is 17.4 Å². The minimum atomic E-state index is -0.294. The van der Waals surface area contributed by atoms with E-state index in [0.29, 0.717) is 5.56 Å². The number of nitrogen functional groups attached to an aromatic ring is 1. The molecule has 0 radical (unpaired) electrons. The second-order valence-electron chi connectivity index (χ2n) is 4.36. The molecule has 0 fully saturated rings. The van der Waals surface area contributed by atoms with Crippen molar-refractivity contribution in [1.29, 1.82) is 0 Å². The summed E-state index contributed by atoms with van der Waals surface area (Å²) in [7, 11) is 1.59. The maximum atomic E-state index is 12.2. The van der Waals surface area contributed by atoms with Crippen molar-refractivity contribution in [3.8, 4) is 11.4 Å². The summed E-state index contributed by atoms with van der Waals surface area (Å²) in [6.07, 6.45) is 2.88. The Balaban J connectivity index is 1.97. The number of ether oxygens (including phenoxy) is 1. The lowest BCUT2D eigenvalue weighted by molar-refractivity contribution is 0.101. The van der Waals surface area contributed by atoms with Crippen LogP contribution < -0.4 is 10.5 Å². The second-order valence-corrected chi connectivity index (χ2v) is 4.36. The van der Waals surface area contributed by atoms with E-state index in [2.05, 4.69) is 5.10 Å². The fourth-order valence-corrected chi connectivity index (χ4v) is 2.00. The van der Waals surface area contributed by atoms with Crippen LogP contribution in [0.2, 0.25) is 0 Å². The summed E-state index contributed by atoms with van der Waals surface area (Å²) >= 11 is 0. The van der Waals surface area contributed by atoms with Crippen LogP contribution in [0.4, 0.5) is 5.82 Å². The average Bonchev–Trinajstić information content (AvgIpc) is 3.16. The van der Waals surface area contributed by atoms with Gasteiger partial charge in [-0.05, 0) is 36.4 Å². The molecule has 0 aliphatic rings. The predicted octanol–water partition coefficient (Wildman–Crippen LogP) is 2.29. The van der Waals surface area contributed by atoms with Crippen molar-refractivity contribution in [3.63, 3.8) is 0 Å². The van der Waals surface area contributed by atoms with Gasteiger partial charge in [0.15, 0.2) is 5.76 Å². The van der Waals surface area contributed by atoms with Gasteiger partial charge in [0.05, 0.1) is 30.8 Å². The number of benzene rings is 1. The minimum absolute atomic E-state index is 0.232. The van der Waals surface area contributed by atoms with Crippen molar-refractivity contribution in [2.24, 2.45) is 0 Å². The first kappa shape index (κ1) is 13.0. The molecule has 0 aliphatic carbocycles. The Hall–Kier alpha value is -3.02. The molecule has 0 saturated carbocycles. The molecule has 0 aliphatic heterocycles. The highest BCUT2D eigenvalue weighted by Gasteiger charge is 2.19. The normalized spacial score (nSPS) is 10.5. The summed E-state index contributed by atoms with van der Waals surface area (Å²) in [5, 5.41) is 4.16. The van der Waals surface area contributed by atoms with Crippen LogP contribution in [0.3, 0.4) is 0 Å². The number of ketones is 1. The van der Waals surface area contributed by atoms with Gasteiger partial charge in [-0.2, -0.15) is 5.10 Å². The molecule has 106 valence electrons. The number of rotatable bonds is 4. The molecule has 0 unspecified atom stereocenters. The van der Waals surface area contributed by atoms with Gasteiger partial charge in [-0.3, -0.25) is 4.79 Å². The number of nitrogens with two attached hydrogens (primary N) is 1. The van der Waals surface area contributed by atoms with E-state index in [1.54, 1.807) is 31.4 Å². The van der Waals surface area contributed by atoms with Crippen LogP contribution in [0.1, 0.15) is 16.1 Å². The van der Waals surface area contributed by atoms with Crippen LogP contribution in [-0.2, 0) is 0 Å². The Kier molecular flexibility index (Phi) is 3.19. The maximum Gasteiger partial charge on any atom is 0.233 e. The minimum Gasteiger partial charge on any atom is -0.497 e. The number of carbonyl (C=O) groups excluding carboxylic acids is 1. The van der Waals surface area contributed by atoms with E-state index in [4.69, 9.17) is 14.9 Å². The quantitative estimate of drug-likeness (QED) is 0.743. The highest BCUT2D eigenvalue weighted by atomic mass is 16.5. The van der Waals surface area contributed by atoms with Crippen LogP contribution in [0.15, 0.2) is 53.3 Å². The Labute approximate surface area is 120 Å². The molecule has 6 nitrogen and oxygen atoms in total.